The van der Waals surface area contributed by atoms with Crippen LogP contribution in [0.25, 0.3) is 0 Å². The van der Waals surface area contributed by atoms with E-state index in [4.69, 9.17) is 9.15 Å². The Kier molecular flexibility index (Phi) is 4.75. The third kappa shape index (κ3) is 4.70. The van der Waals surface area contributed by atoms with Crippen LogP contribution in [0.15, 0.2) is 4.42 Å². The lowest BCUT2D eigenvalue weighted by atomic mass is 10.3. The fourth-order valence-corrected chi connectivity index (χ4v) is 1.48. The Morgan fingerprint density at radius 2 is 2.24 bits per heavy atom. The summed E-state index contributed by atoms with van der Waals surface area (Å²) in [5.74, 6) is 0.649. The number of hydrogen-bond donors (Lipinski definition) is 2. The Bertz CT molecular complexity index is 325. The maximum atomic E-state index is 5.44. The first-order valence-electron chi connectivity index (χ1n) is 6.17. The van der Waals surface area contributed by atoms with Crippen molar-refractivity contribution in [2.75, 3.05) is 25.6 Å². The fourth-order valence-electron chi connectivity index (χ4n) is 1.48. The third-order valence-electron chi connectivity index (χ3n) is 2.64. The lowest BCUT2D eigenvalue weighted by Gasteiger charge is -2.00. The van der Waals surface area contributed by atoms with Crippen LogP contribution in [0.1, 0.15) is 31.6 Å². The van der Waals surface area contributed by atoms with Crippen LogP contribution in [0, 0.1) is 0 Å². The molecule has 1 aromatic heterocycles. The lowest BCUT2D eigenvalue weighted by molar-refractivity contribution is 0.193. The van der Waals surface area contributed by atoms with E-state index in [1.54, 1.807) is 7.11 Å². The van der Waals surface area contributed by atoms with Crippen LogP contribution in [-0.4, -0.2) is 36.5 Å². The molecule has 0 amide bonds. The van der Waals surface area contributed by atoms with Crippen molar-refractivity contribution < 1.29 is 9.15 Å². The Balaban J connectivity index is 1.59. The van der Waals surface area contributed by atoms with Crippen LogP contribution in [0.3, 0.4) is 0 Å². The average Bonchev–Trinajstić information content (AvgIpc) is 3.06. The van der Waals surface area contributed by atoms with E-state index >= 15 is 0 Å². The number of nitrogens with one attached hydrogen (secondary N) is 2. The van der Waals surface area contributed by atoms with Crippen LogP contribution in [-0.2, 0) is 11.3 Å². The Labute approximate surface area is 101 Å². The molecule has 1 heterocycles. The van der Waals surface area contributed by atoms with Gasteiger partial charge in [-0.25, -0.2) is 0 Å². The molecule has 1 aromatic rings. The summed E-state index contributed by atoms with van der Waals surface area (Å²) in [7, 11) is 1.71. The van der Waals surface area contributed by atoms with Crippen molar-refractivity contribution in [3.05, 3.63) is 5.89 Å². The highest BCUT2D eigenvalue weighted by atomic mass is 16.5. The van der Waals surface area contributed by atoms with Crippen molar-refractivity contribution in [3.63, 3.8) is 0 Å². The molecular formula is C11H20N4O2. The summed E-state index contributed by atoms with van der Waals surface area (Å²) in [6.45, 7) is 2.30. The lowest BCUT2D eigenvalue weighted by Crippen LogP contribution is -2.15. The molecule has 0 spiro atoms. The normalized spacial score (nSPS) is 15.1. The molecule has 96 valence electrons. The van der Waals surface area contributed by atoms with E-state index in [0.717, 1.165) is 26.0 Å². The van der Waals surface area contributed by atoms with Crippen LogP contribution < -0.4 is 10.6 Å². The molecule has 2 N–H and O–H groups in total. The van der Waals surface area contributed by atoms with Crippen molar-refractivity contribution in [2.45, 2.75) is 38.3 Å². The summed E-state index contributed by atoms with van der Waals surface area (Å²) >= 11 is 0. The van der Waals surface area contributed by atoms with E-state index in [9.17, 15) is 0 Å². The molecule has 0 aliphatic heterocycles. The number of rotatable bonds is 9. The zero-order valence-corrected chi connectivity index (χ0v) is 10.2. The summed E-state index contributed by atoms with van der Waals surface area (Å²) in [5.41, 5.74) is 0. The Hall–Kier alpha value is -1.14. The maximum absolute atomic E-state index is 5.44. The van der Waals surface area contributed by atoms with Crippen molar-refractivity contribution in [1.29, 1.82) is 0 Å². The molecule has 0 unspecified atom stereocenters. The maximum Gasteiger partial charge on any atom is 0.315 e. The van der Waals surface area contributed by atoms with Gasteiger partial charge < -0.3 is 19.8 Å². The summed E-state index contributed by atoms with van der Waals surface area (Å²) in [6, 6.07) is 1.17. The highest BCUT2D eigenvalue weighted by molar-refractivity contribution is 5.16. The first-order valence-corrected chi connectivity index (χ1v) is 6.17. The molecule has 1 aliphatic carbocycles. The van der Waals surface area contributed by atoms with Gasteiger partial charge in [-0.1, -0.05) is 5.10 Å². The van der Waals surface area contributed by atoms with Crippen LogP contribution >= 0.6 is 0 Å². The van der Waals surface area contributed by atoms with Crippen molar-refractivity contribution in [1.82, 2.24) is 15.5 Å². The van der Waals surface area contributed by atoms with Gasteiger partial charge in [-0.05, 0) is 25.7 Å². The molecule has 6 heteroatoms. The van der Waals surface area contributed by atoms with Crippen molar-refractivity contribution in [3.8, 4) is 0 Å². The van der Waals surface area contributed by atoms with Crippen molar-refractivity contribution >= 4 is 6.01 Å². The SMILES string of the molecule is COCCCCNc1nnc(CNC2CC2)o1. The van der Waals surface area contributed by atoms with E-state index in [-0.39, 0.29) is 0 Å². The minimum Gasteiger partial charge on any atom is -0.407 e. The predicted octanol–water partition coefficient (Wildman–Crippen LogP) is 1.16. The fraction of sp³-hybridized carbons (Fsp3) is 0.818. The largest absolute Gasteiger partial charge is 0.407 e. The number of anilines is 1. The minimum atomic E-state index is 0.509. The molecule has 0 aromatic carbocycles. The third-order valence-corrected chi connectivity index (χ3v) is 2.64. The van der Waals surface area contributed by atoms with Crippen LogP contribution in [0.2, 0.25) is 0 Å². The molecule has 17 heavy (non-hydrogen) atoms. The van der Waals surface area contributed by atoms with Gasteiger partial charge in [0, 0.05) is 26.3 Å². The van der Waals surface area contributed by atoms with Crippen LogP contribution in [0.4, 0.5) is 6.01 Å². The van der Waals surface area contributed by atoms with E-state index in [1.807, 2.05) is 0 Å². The van der Waals surface area contributed by atoms with Gasteiger partial charge >= 0.3 is 6.01 Å². The van der Waals surface area contributed by atoms with Gasteiger partial charge in [-0.3, -0.25) is 0 Å². The molecule has 2 rings (SSSR count). The van der Waals surface area contributed by atoms with Gasteiger partial charge in [-0.15, -0.1) is 5.10 Å². The van der Waals surface area contributed by atoms with Crippen LogP contribution in [0.5, 0.6) is 0 Å². The van der Waals surface area contributed by atoms with Gasteiger partial charge in [0.1, 0.15) is 0 Å². The van der Waals surface area contributed by atoms with Gasteiger partial charge in [0.25, 0.3) is 0 Å². The molecule has 6 nitrogen and oxygen atoms in total. The molecule has 0 saturated heterocycles. The smallest absolute Gasteiger partial charge is 0.315 e. The molecule has 0 bridgehead atoms. The Morgan fingerprint density at radius 3 is 3.00 bits per heavy atom. The second kappa shape index (κ2) is 6.56. The number of ether oxygens (including phenoxy) is 1. The summed E-state index contributed by atoms with van der Waals surface area (Å²) in [4.78, 5) is 0. The quantitative estimate of drug-likeness (QED) is 0.631. The van der Waals surface area contributed by atoms with Gasteiger partial charge in [-0.2, -0.15) is 0 Å². The standard InChI is InChI=1S/C11H20N4O2/c1-16-7-3-2-6-12-11-15-14-10(17-11)8-13-9-4-5-9/h9,13H,2-8H2,1H3,(H,12,15). The summed E-state index contributed by atoms with van der Waals surface area (Å²) in [5, 5.41) is 14.3. The Morgan fingerprint density at radius 1 is 1.35 bits per heavy atom. The predicted molar refractivity (Wildman–Crippen MR) is 63.8 cm³/mol. The number of nitrogens with zero attached hydrogens (tertiary/aromatic N) is 2. The number of aromatic nitrogens is 2. The topological polar surface area (TPSA) is 72.2 Å². The van der Waals surface area contributed by atoms with E-state index < -0.39 is 0 Å². The van der Waals surface area contributed by atoms with E-state index in [1.165, 1.54) is 12.8 Å². The van der Waals surface area contributed by atoms with E-state index in [2.05, 4.69) is 20.8 Å². The zero-order valence-electron chi connectivity index (χ0n) is 10.2. The number of unbranched alkanes of at least 4 members (excludes halogenated alkanes) is 1. The van der Waals surface area contributed by atoms with Gasteiger partial charge in [0.05, 0.1) is 6.54 Å². The van der Waals surface area contributed by atoms with Gasteiger partial charge in [0.2, 0.25) is 5.89 Å². The molecule has 0 atom stereocenters. The second-order valence-corrected chi connectivity index (χ2v) is 4.28. The second-order valence-electron chi connectivity index (χ2n) is 4.28. The highest BCUT2D eigenvalue weighted by Crippen LogP contribution is 2.19. The summed E-state index contributed by atoms with van der Waals surface area (Å²) < 4.78 is 10.4. The molecule has 1 aliphatic rings. The first kappa shape index (κ1) is 12.3. The monoisotopic (exact) mass is 240 g/mol. The average molecular weight is 240 g/mol. The first-order chi connectivity index (χ1) is 8.38. The summed E-state index contributed by atoms with van der Waals surface area (Å²) in [6.07, 6.45) is 4.59. The number of methoxy groups -OCH3 is 1. The van der Waals surface area contributed by atoms with Gasteiger partial charge in [0.15, 0.2) is 0 Å². The molecule has 1 saturated carbocycles. The highest BCUT2D eigenvalue weighted by Gasteiger charge is 2.21. The molecule has 1 fully saturated rings. The minimum absolute atomic E-state index is 0.509. The molecule has 0 radical (unpaired) electrons. The van der Waals surface area contributed by atoms with E-state index in [0.29, 0.717) is 24.5 Å². The molecular weight excluding hydrogens is 220 g/mol. The zero-order chi connectivity index (χ0) is 11.9. The van der Waals surface area contributed by atoms with Crippen molar-refractivity contribution in [2.24, 2.45) is 0 Å². The number of hydrogen-bond acceptors (Lipinski definition) is 6.